The number of amides is 2. The zero-order valence-corrected chi connectivity index (χ0v) is 13.5. The molecule has 6 nitrogen and oxygen atoms in total. The zero-order valence-electron chi connectivity index (χ0n) is 13.5. The molecule has 2 rings (SSSR count). The van der Waals surface area contributed by atoms with Crippen LogP contribution < -0.4 is 10.6 Å². The molecule has 0 aromatic carbocycles. The van der Waals surface area contributed by atoms with Crippen LogP contribution in [0.3, 0.4) is 0 Å². The van der Waals surface area contributed by atoms with Crippen LogP contribution in [0.2, 0.25) is 0 Å². The van der Waals surface area contributed by atoms with E-state index in [-0.39, 0.29) is 30.7 Å². The Morgan fingerprint density at radius 1 is 1.36 bits per heavy atom. The van der Waals surface area contributed by atoms with Crippen LogP contribution in [0.4, 0.5) is 0 Å². The van der Waals surface area contributed by atoms with Crippen molar-refractivity contribution in [3.8, 4) is 0 Å². The summed E-state index contributed by atoms with van der Waals surface area (Å²) >= 11 is 0. The van der Waals surface area contributed by atoms with Gasteiger partial charge in [0.1, 0.15) is 0 Å². The summed E-state index contributed by atoms with van der Waals surface area (Å²) in [4.78, 5) is 34.3. The van der Waals surface area contributed by atoms with Gasteiger partial charge >= 0.3 is 5.97 Å². The third-order valence-electron chi connectivity index (χ3n) is 4.99. The number of nitrogens with one attached hydrogen (secondary N) is 2. The molecule has 2 fully saturated rings. The summed E-state index contributed by atoms with van der Waals surface area (Å²) in [6, 6.07) is 0.257. The van der Waals surface area contributed by atoms with E-state index in [4.69, 9.17) is 5.11 Å². The second-order valence-electron chi connectivity index (χ2n) is 7.63. The van der Waals surface area contributed by atoms with E-state index in [1.165, 1.54) is 0 Å². The molecular weight excluding hydrogens is 284 g/mol. The molecule has 2 aliphatic rings. The lowest BCUT2D eigenvalue weighted by molar-refractivity contribution is -0.139. The Morgan fingerprint density at radius 2 is 2.05 bits per heavy atom. The molecule has 6 heteroatoms. The quantitative estimate of drug-likeness (QED) is 0.686. The molecule has 124 valence electrons. The Morgan fingerprint density at radius 3 is 2.68 bits per heavy atom. The van der Waals surface area contributed by atoms with Crippen LogP contribution in [0.1, 0.15) is 46.5 Å². The average Bonchev–Trinajstić information content (AvgIpc) is 2.79. The summed E-state index contributed by atoms with van der Waals surface area (Å²) in [6.07, 6.45) is 1.70. The predicted molar refractivity (Wildman–Crippen MR) is 81.0 cm³/mol. The normalized spacial score (nSPS) is 30.8. The molecule has 0 aromatic rings. The molecule has 22 heavy (non-hydrogen) atoms. The van der Waals surface area contributed by atoms with Crippen molar-refractivity contribution < 1.29 is 19.5 Å². The maximum atomic E-state index is 12.1. The van der Waals surface area contributed by atoms with Gasteiger partial charge in [-0.15, -0.1) is 0 Å². The van der Waals surface area contributed by atoms with E-state index in [0.29, 0.717) is 30.7 Å². The van der Waals surface area contributed by atoms with Gasteiger partial charge in [0.25, 0.3) is 0 Å². The van der Waals surface area contributed by atoms with Crippen LogP contribution in [0.25, 0.3) is 0 Å². The minimum absolute atomic E-state index is 0.0244. The minimum Gasteiger partial charge on any atom is -0.481 e. The molecule has 0 bridgehead atoms. The molecule has 1 aliphatic heterocycles. The predicted octanol–water partition coefficient (Wildman–Crippen LogP) is 1.15. The lowest BCUT2D eigenvalue weighted by Gasteiger charge is -2.24. The highest BCUT2D eigenvalue weighted by molar-refractivity contribution is 5.79. The fourth-order valence-electron chi connectivity index (χ4n) is 3.96. The van der Waals surface area contributed by atoms with Crippen molar-refractivity contribution in [1.82, 2.24) is 10.6 Å². The Kier molecular flexibility index (Phi) is 4.78. The van der Waals surface area contributed by atoms with Crippen LogP contribution >= 0.6 is 0 Å². The molecule has 3 N–H and O–H groups in total. The maximum absolute atomic E-state index is 12.1. The van der Waals surface area contributed by atoms with Gasteiger partial charge in [-0.3, -0.25) is 14.4 Å². The number of carbonyl (C=O) groups is 3. The van der Waals surface area contributed by atoms with E-state index >= 15 is 0 Å². The highest BCUT2D eigenvalue weighted by Crippen LogP contribution is 2.41. The smallest absolute Gasteiger partial charge is 0.303 e. The molecule has 4 atom stereocenters. The van der Waals surface area contributed by atoms with Gasteiger partial charge in [-0.05, 0) is 29.6 Å². The lowest BCUT2D eigenvalue weighted by Crippen LogP contribution is -2.36. The summed E-state index contributed by atoms with van der Waals surface area (Å²) < 4.78 is 0. The fraction of sp³-hybridized carbons (Fsp3) is 0.812. The molecule has 1 heterocycles. The highest BCUT2D eigenvalue weighted by Gasteiger charge is 2.46. The van der Waals surface area contributed by atoms with Crippen LogP contribution in [0, 0.1) is 23.2 Å². The van der Waals surface area contributed by atoms with Gasteiger partial charge in [-0.2, -0.15) is 0 Å². The SMILES string of the molecule is C[C@H]1C[C@H]2NC(=O)C[C@H]2[C@@H]1CNC(=O)CC(C)(C)CC(=O)O. The molecule has 0 unspecified atom stereocenters. The largest absolute Gasteiger partial charge is 0.481 e. The number of carbonyl (C=O) groups excluding carboxylic acids is 2. The first kappa shape index (κ1) is 16.8. The van der Waals surface area contributed by atoms with E-state index in [9.17, 15) is 14.4 Å². The molecule has 1 saturated carbocycles. The van der Waals surface area contributed by atoms with Crippen LogP contribution in [0.15, 0.2) is 0 Å². The zero-order chi connectivity index (χ0) is 16.5. The van der Waals surface area contributed by atoms with Gasteiger partial charge in [-0.25, -0.2) is 0 Å². The first-order valence-corrected chi connectivity index (χ1v) is 7.96. The van der Waals surface area contributed by atoms with Crippen molar-refractivity contribution >= 4 is 17.8 Å². The second kappa shape index (κ2) is 6.26. The standard InChI is InChI=1S/C16H26N2O4/c1-9-4-12-10(5-13(19)18-12)11(9)8-17-14(20)6-16(2,3)7-15(21)22/h9-12H,4-8H2,1-3H3,(H,17,20)(H,18,19)(H,21,22)/t9-,10-,11+,12+/m0/s1. The van der Waals surface area contributed by atoms with E-state index in [1.54, 1.807) is 13.8 Å². The average molecular weight is 310 g/mol. The number of rotatable bonds is 6. The van der Waals surface area contributed by atoms with Gasteiger partial charge < -0.3 is 15.7 Å². The first-order chi connectivity index (χ1) is 10.2. The van der Waals surface area contributed by atoms with Crippen LogP contribution in [-0.4, -0.2) is 35.5 Å². The third-order valence-corrected chi connectivity index (χ3v) is 4.99. The summed E-state index contributed by atoms with van der Waals surface area (Å²) in [5.41, 5.74) is -0.551. The number of carboxylic acid groups (broad SMARTS) is 1. The van der Waals surface area contributed by atoms with Gasteiger partial charge in [0.2, 0.25) is 11.8 Å². The monoisotopic (exact) mass is 310 g/mol. The molecule has 0 radical (unpaired) electrons. The highest BCUT2D eigenvalue weighted by atomic mass is 16.4. The molecule has 2 amide bonds. The van der Waals surface area contributed by atoms with Crippen molar-refractivity contribution in [1.29, 1.82) is 0 Å². The molecule has 1 aliphatic carbocycles. The summed E-state index contributed by atoms with van der Waals surface area (Å²) in [5, 5.41) is 14.8. The number of carboxylic acids is 1. The topological polar surface area (TPSA) is 95.5 Å². The number of fused-ring (bicyclic) bond motifs is 1. The van der Waals surface area contributed by atoms with Crippen molar-refractivity contribution in [2.45, 2.75) is 52.5 Å². The summed E-state index contributed by atoms with van der Waals surface area (Å²) in [6.45, 7) is 6.30. The van der Waals surface area contributed by atoms with E-state index in [0.717, 1.165) is 6.42 Å². The first-order valence-electron chi connectivity index (χ1n) is 7.96. The summed E-state index contributed by atoms with van der Waals surface area (Å²) in [7, 11) is 0. The van der Waals surface area contributed by atoms with E-state index < -0.39 is 11.4 Å². The van der Waals surface area contributed by atoms with Gasteiger partial charge in [0, 0.05) is 25.4 Å². The number of hydrogen-bond donors (Lipinski definition) is 3. The third kappa shape index (κ3) is 3.99. The molecule has 1 saturated heterocycles. The van der Waals surface area contributed by atoms with Gasteiger partial charge in [-0.1, -0.05) is 20.8 Å². The summed E-state index contributed by atoms with van der Waals surface area (Å²) in [5.74, 6) is 0.217. The van der Waals surface area contributed by atoms with Gasteiger partial charge in [0.05, 0.1) is 6.42 Å². The Bertz CT molecular complexity index is 475. The fourth-order valence-corrected chi connectivity index (χ4v) is 3.96. The Hall–Kier alpha value is -1.59. The maximum Gasteiger partial charge on any atom is 0.303 e. The molecule has 0 aromatic heterocycles. The van der Waals surface area contributed by atoms with Crippen molar-refractivity contribution in [3.63, 3.8) is 0 Å². The number of aliphatic carboxylic acids is 1. The van der Waals surface area contributed by atoms with Crippen LogP contribution in [0.5, 0.6) is 0 Å². The van der Waals surface area contributed by atoms with Crippen LogP contribution in [-0.2, 0) is 14.4 Å². The van der Waals surface area contributed by atoms with Crippen molar-refractivity contribution in [3.05, 3.63) is 0 Å². The van der Waals surface area contributed by atoms with E-state index in [2.05, 4.69) is 17.6 Å². The molecular formula is C16H26N2O4. The van der Waals surface area contributed by atoms with Gasteiger partial charge in [0.15, 0.2) is 0 Å². The lowest BCUT2D eigenvalue weighted by atomic mass is 9.85. The second-order valence-corrected chi connectivity index (χ2v) is 7.63. The number of hydrogen-bond acceptors (Lipinski definition) is 3. The Labute approximate surface area is 131 Å². The van der Waals surface area contributed by atoms with Crippen molar-refractivity contribution in [2.75, 3.05) is 6.54 Å². The van der Waals surface area contributed by atoms with E-state index in [1.807, 2.05) is 0 Å². The molecule has 0 spiro atoms. The Balaban J connectivity index is 1.83. The van der Waals surface area contributed by atoms with Crippen molar-refractivity contribution in [2.24, 2.45) is 23.2 Å². The minimum atomic E-state index is -0.888.